The van der Waals surface area contributed by atoms with Crippen LogP contribution in [0.5, 0.6) is 0 Å². The van der Waals surface area contributed by atoms with Gasteiger partial charge < -0.3 is 24.2 Å². The minimum Gasteiger partial charge on any atom is -0.423 e. The van der Waals surface area contributed by atoms with Crippen molar-refractivity contribution in [3.8, 4) is 11.4 Å². The van der Waals surface area contributed by atoms with Gasteiger partial charge in [-0.2, -0.15) is 0 Å². The molecule has 1 aromatic carbocycles. The first kappa shape index (κ1) is 25.4. The van der Waals surface area contributed by atoms with Gasteiger partial charge in [0.25, 0.3) is 0 Å². The zero-order chi connectivity index (χ0) is 27.0. The largest absolute Gasteiger partial charge is 0.423 e. The highest BCUT2D eigenvalue weighted by molar-refractivity contribution is 5.84. The van der Waals surface area contributed by atoms with Crippen molar-refractivity contribution in [1.29, 1.82) is 0 Å². The number of hydrogen-bond acceptors (Lipinski definition) is 9. The normalized spacial score (nSPS) is 20.5. The summed E-state index contributed by atoms with van der Waals surface area (Å²) in [5.74, 6) is 1.27. The number of H-pyrrole nitrogens is 1. The third-order valence-corrected chi connectivity index (χ3v) is 7.28. The van der Waals surface area contributed by atoms with Gasteiger partial charge in [0.05, 0.1) is 49.1 Å². The number of aromatic amines is 1. The number of pyridine rings is 1. The summed E-state index contributed by atoms with van der Waals surface area (Å²) < 4.78 is 31.3. The Labute approximate surface area is 225 Å². The van der Waals surface area contributed by atoms with Crippen LogP contribution in [0.2, 0.25) is 0 Å². The molecule has 0 amide bonds. The number of anilines is 1. The van der Waals surface area contributed by atoms with Gasteiger partial charge in [0.2, 0.25) is 11.8 Å². The summed E-state index contributed by atoms with van der Waals surface area (Å²) in [6.07, 6.45) is 2.40. The zero-order valence-electron chi connectivity index (χ0n) is 22.0. The lowest BCUT2D eigenvalue weighted by molar-refractivity contribution is 0.0279. The van der Waals surface area contributed by atoms with Crippen molar-refractivity contribution in [1.82, 2.24) is 30.5 Å². The molecule has 0 bridgehead atoms. The summed E-state index contributed by atoms with van der Waals surface area (Å²) in [5, 5.41) is 15.9. The number of hydrogen-bond donors (Lipinski definition) is 3. The number of para-hydroxylation sites is 1. The smallest absolute Gasteiger partial charge is 0.243 e. The monoisotopic (exact) mass is 531 g/mol. The van der Waals surface area contributed by atoms with Gasteiger partial charge in [0.15, 0.2) is 0 Å². The van der Waals surface area contributed by atoms with Crippen LogP contribution in [0.25, 0.3) is 17.0 Å². The number of ether oxygens (including phenoxy) is 2. The van der Waals surface area contributed by atoms with Crippen LogP contribution in [0.4, 0.5) is 10.1 Å². The molecule has 3 N–H and O–H groups in total. The standard InChI is InChI=1S/C28H30FN7O3/c1-16-21(29)8-9-23(32-16)25-14-31-26(33-25)24-12-19-18-6-4-5-7-22(18)30-13-20(19)28(34-24,15-38-11-10-37-3)27-36-35-17(2)39-27/h4-9,14,24,30,34H,10-13,15H2,1-3H3,(H,31,33)/t24-,28?/m1/s1. The van der Waals surface area contributed by atoms with Gasteiger partial charge >= 0.3 is 0 Å². The number of aryl methyl sites for hydroxylation is 2. The predicted octanol–water partition coefficient (Wildman–Crippen LogP) is 4.08. The van der Waals surface area contributed by atoms with Crippen molar-refractivity contribution in [2.75, 3.05) is 38.8 Å². The van der Waals surface area contributed by atoms with E-state index in [2.05, 4.69) is 42.9 Å². The van der Waals surface area contributed by atoms with Crippen molar-refractivity contribution >= 4 is 11.3 Å². The molecule has 1 unspecified atom stereocenters. The first-order valence-electron chi connectivity index (χ1n) is 12.9. The summed E-state index contributed by atoms with van der Waals surface area (Å²) in [7, 11) is 1.64. The summed E-state index contributed by atoms with van der Waals surface area (Å²) in [5.41, 5.74) is 5.19. The Kier molecular flexibility index (Phi) is 6.71. The second-order valence-corrected chi connectivity index (χ2v) is 9.78. The van der Waals surface area contributed by atoms with Crippen molar-refractivity contribution in [3.63, 3.8) is 0 Å². The predicted molar refractivity (Wildman–Crippen MR) is 142 cm³/mol. The average Bonchev–Trinajstić information content (AvgIpc) is 3.62. The first-order valence-corrected chi connectivity index (χ1v) is 12.9. The molecule has 4 aromatic rings. The molecule has 10 nitrogen and oxygen atoms in total. The maximum Gasteiger partial charge on any atom is 0.243 e. The minimum atomic E-state index is -0.911. The molecule has 5 heterocycles. The number of nitrogens with one attached hydrogen (secondary N) is 3. The lowest BCUT2D eigenvalue weighted by Crippen LogP contribution is -2.55. The van der Waals surface area contributed by atoms with E-state index in [0.29, 0.717) is 60.9 Å². The molecule has 202 valence electrons. The Morgan fingerprint density at radius 2 is 2.00 bits per heavy atom. The highest BCUT2D eigenvalue weighted by Gasteiger charge is 2.49. The maximum absolute atomic E-state index is 13.8. The molecule has 6 rings (SSSR count). The van der Waals surface area contributed by atoms with Crippen LogP contribution in [-0.2, 0) is 15.0 Å². The Morgan fingerprint density at radius 1 is 1.13 bits per heavy atom. The van der Waals surface area contributed by atoms with Crippen LogP contribution in [0, 0.1) is 19.7 Å². The highest BCUT2D eigenvalue weighted by Crippen LogP contribution is 2.48. The van der Waals surface area contributed by atoms with Gasteiger partial charge in [-0.1, -0.05) is 18.2 Å². The van der Waals surface area contributed by atoms with Crippen molar-refractivity contribution in [2.24, 2.45) is 0 Å². The van der Waals surface area contributed by atoms with E-state index in [1.807, 2.05) is 12.1 Å². The van der Waals surface area contributed by atoms with Crippen LogP contribution < -0.4 is 10.6 Å². The quantitative estimate of drug-likeness (QED) is 0.289. The molecule has 0 saturated heterocycles. The van der Waals surface area contributed by atoms with E-state index in [1.165, 1.54) is 11.6 Å². The Balaban J connectivity index is 1.45. The minimum absolute atomic E-state index is 0.247. The third kappa shape index (κ3) is 4.62. The number of fused-ring (bicyclic) bond motifs is 2. The summed E-state index contributed by atoms with van der Waals surface area (Å²) in [6, 6.07) is 11.1. The van der Waals surface area contributed by atoms with Gasteiger partial charge in [-0.3, -0.25) is 5.32 Å². The van der Waals surface area contributed by atoms with Crippen LogP contribution in [0.15, 0.2) is 52.6 Å². The Hall–Kier alpha value is -3.93. The van der Waals surface area contributed by atoms with Gasteiger partial charge in [0.1, 0.15) is 17.2 Å². The topological polar surface area (TPSA) is 123 Å². The Bertz CT molecular complexity index is 1530. The van der Waals surface area contributed by atoms with Gasteiger partial charge in [0, 0.05) is 31.8 Å². The fraction of sp³-hybridized carbons (Fsp3) is 0.357. The van der Waals surface area contributed by atoms with Crippen molar-refractivity contribution in [2.45, 2.75) is 31.8 Å². The lowest BCUT2D eigenvalue weighted by Gasteiger charge is -2.44. The maximum atomic E-state index is 13.8. The molecule has 11 heteroatoms. The van der Waals surface area contributed by atoms with Crippen LogP contribution in [0.1, 0.15) is 41.3 Å². The molecule has 0 saturated carbocycles. The number of imidazole rings is 1. The molecule has 0 radical (unpaired) electrons. The molecule has 2 aliphatic rings. The van der Waals surface area contributed by atoms with Crippen LogP contribution >= 0.6 is 0 Å². The highest BCUT2D eigenvalue weighted by atomic mass is 19.1. The van der Waals surface area contributed by atoms with Gasteiger partial charge in [-0.25, -0.2) is 14.4 Å². The molecule has 39 heavy (non-hydrogen) atoms. The van der Waals surface area contributed by atoms with E-state index in [1.54, 1.807) is 33.2 Å². The van der Waals surface area contributed by atoms with Crippen LogP contribution in [-0.4, -0.2) is 58.6 Å². The van der Waals surface area contributed by atoms with Crippen LogP contribution in [0.3, 0.4) is 0 Å². The van der Waals surface area contributed by atoms with E-state index >= 15 is 0 Å². The van der Waals surface area contributed by atoms with Crippen molar-refractivity contribution < 1.29 is 18.3 Å². The molecule has 3 aromatic heterocycles. The molecular weight excluding hydrogens is 501 g/mol. The number of aromatic nitrogens is 5. The number of methoxy groups -OCH3 is 1. The summed E-state index contributed by atoms with van der Waals surface area (Å²) in [4.78, 5) is 12.5. The number of halogens is 1. The number of rotatable bonds is 8. The van der Waals surface area contributed by atoms with Gasteiger partial charge in [-0.15, -0.1) is 10.2 Å². The fourth-order valence-electron chi connectivity index (χ4n) is 5.36. The Morgan fingerprint density at radius 3 is 2.79 bits per heavy atom. The third-order valence-electron chi connectivity index (χ3n) is 7.28. The molecule has 2 aliphatic heterocycles. The zero-order valence-corrected chi connectivity index (χ0v) is 22.0. The average molecular weight is 532 g/mol. The van der Waals surface area contributed by atoms with Gasteiger partial charge in [-0.05, 0) is 42.7 Å². The molecule has 0 spiro atoms. The molecular formula is C28H30FN7O3. The molecule has 0 fully saturated rings. The first-order chi connectivity index (χ1) is 19.0. The van der Waals surface area contributed by atoms with E-state index < -0.39 is 5.54 Å². The fourth-order valence-corrected chi connectivity index (χ4v) is 5.36. The van der Waals surface area contributed by atoms with E-state index in [4.69, 9.17) is 18.9 Å². The number of benzene rings is 1. The second-order valence-electron chi connectivity index (χ2n) is 9.78. The van der Waals surface area contributed by atoms with E-state index in [0.717, 1.165) is 16.8 Å². The van der Waals surface area contributed by atoms with E-state index in [9.17, 15) is 4.39 Å². The summed E-state index contributed by atoms with van der Waals surface area (Å²) in [6.45, 7) is 5.13. The second kappa shape index (κ2) is 10.3. The van der Waals surface area contributed by atoms with E-state index in [-0.39, 0.29) is 18.5 Å². The number of nitrogens with zero attached hydrogens (tertiary/aromatic N) is 4. The van der Waals surface area contributed by atoms with Crippen molar-refractivity contribution in [3.05, 3.63) is 82.8 Å². The summed E-state index contributed by atoms with van der Waals surface area (Å²) >= 11 is 0. The molecule has 0 aliphatic carbocycles. The SMILES string of the molecule is COCCOCC1(c2nnc(C)o2)N[C@@H](c2ncc(-c3ccc(F)c(C)n3)[nH]2)CC2=C1CNc1ccccc12. The lowest BCUT2D eigenvalue weighted by atomic mass is 9.75. The molecule has 2 atom stereocenters.